The molecule has 0 saturated carbocycles. The third-order valence-corrected chi connectivity index (χ3v) is 8.06. The topological polar surface area (TPSA) is 83.8 Å². The lowest BCUT2D eigenvalue weighted by Gasteiger charge is -2.38. The minimum atomic E-state index is -3.72. The van der Waals surface area contributed by atoms with Crippen LogP contribution >= 0.6 is 11.8 Å². The van der Waals surface area contributed by atoms with Gasteiger partial charge in [0.05, 0.1) is 9.82 Å². The molecule has 0 amide bonds. The van der Waals surface area contributed by atoms with E-state index in [9.17, 15) is 18.5 Å². The molecule has 1 aliphatic heterocycles. The van der Waals surface area contributed by atoms with Gasteiger partial charge in [-0.25, -0.2) is 8.42 Å². The Labute approximate surface area is 153 Å². The van der Waals surface area contributed by atoms with E-state index in [0.29, 0.717) is 30.6 Å². The molecule has 1 saturated heterocycles. The molecular formula is C16H25N3O4S2. The van der Waals surface area contributed by atoms with E-state index in [1.54, 1.807) is 19.9 Å². The number of anilines is 1. The summed E-state index contributed by atoms with van der Waals surface area (Å²) >= 11 is 1.84. The highest BCUT2D eigenvalue weighted by molar-refractivity contribution is 8.00. The zero-order valence-corrected chi connectivity index (χ0v) is 16.6. The van der Waals surface area contributed by atoms with Gasteiger partial charge in [-0.1, -0.05) is 20.8 Å². The van der Waals surface area contributed by atoms with Gasteiger partial charge in [0.2, 0.25) is 10.0 Å². The lowest BCUT2D eigenvalue weighted by Crippen LogP contribution is -2.45. The van der Waals surface area contributed by atoms with Gasteiger partial charge in [-0.2, -0.15) is 16.1 Å². The van der Waals surface area contributed by atoms with Crippen molar-refractivity contribution in [1.82, 2.24) is 4.31 Å². The Morgan fingerprint density at radius 2 is 1.96 bits per heavy atom. The fourth-order valence-electron chi connectivity index (χ4n) is 3.04. The van der Waals surface area contributed by atoms with Crippen LogP contribution in [-0.4, -0.2) is 54.3 Å². The van der Waals surface area contributed by atoms with E-state index in [0.717, 1.165) is 5.75 Å². The van der Waals surface area contributed by atoms with Gasteiger partial charge in [-0.15, -0.1) is 0 Å². The molecule has 2 atom stereocenters. The molecule has 2 unspecified atom stereocenters. The number of nitro benzene ring substituents is 1. The maximum absolute atomic E-state index is 12.7. The van der Waals surface area contributed by atoms with Gasteiger partial charge in [-0.05, 0) is 19.1 Å². The highest BCUT2D eigenvalue weighted by atomic mass is 32.2. The molecule has 2 rings (SSSR count). The summed E-state index contributed by atoms with van der Waals surface area (Å²) in [6.07, 6.45) is 0. The maximum Gasteiger partial charge on any atom is 0.293 e. The fourth-order valence-corrected chi connectivity index (χ4v) is 5.62. The molecule has 25 heavy (non-hydrogen) atoms. The zero-order chi connectivity index (χ0) is 18.8. The standard InChI is InChI=1S/C16H25N3O4S2/c1-5-17(6-2)25(22,23)14-7-8-15(16(11-14)19(20)21)18-9-10-24-13(4)12(18)3/h7-8,11-13H,5-6,9-10H2,1-4H3. The summed E-state index contributed by atoms with van der Waals surface area (Å²) in [5, 5.41) is 12.0. The molecule has 1 fully saturated rings. The van der Waals surface area contributed by atoms with E-state index in [1.165, 1.54) is 16.4 Å². The van der Waals surface area contributed by atoms with Crippen molar-refractivity contribution in [1.29, 1.82) is 0 Å². The number of hydrogen-bond donors (Lipinski definition) is 0. The predicted octanol–water partition coefficient (Wildman–Crippen LogP) is 2.96. The van der Waals surface area contributed by atoms with Crippen LogP contribution in [0, 0.1) is 10.1 Å². The van der Waals surface area contributed by atoms with Crippen LogP contribution in [0.5, 0.6) is 0 Å². The Kier molecular flexibility index (Phi) is 6.34. The second kappa shape index (κ2) is 7.92. The lowest BCUT2D eigenvalue weighted by molar-refractivity contribution is -0.384. The number of nitro groups is 1. The summed E-state index contributed by atoms with van der Waals surface area (Å²) in [4.78, 5) is 13.1. The molecule has 1 aliphatic rings. The SMILES string of the molecule is CCN(CC)S(=O)(=O)c1ccc(N2CCSC(C)C2C)c([N+](=O)[O-])c1. The third kappa shape index (κ3) is 3.93. The smallest absolute Gasteiger partial charge is 0.293 e. The summed E-state index contributed by atoms with van der Waals surface area (Å²) in [6, 6.07) is 4.40. The van der Waals surface area contributed by atoms with Gasteiger partial charge in [0.15, 0.2) is 0 Å². The van der Waals surface area contributed by atoms with Gasteiger partial charge in [0.1, 0.15) is 5.69 Å². The zero-order valence-electron chi connectivity index (χ0n) is 15.0. The largest absolute Gasteiger partial charge is 0.361 e. The van der Waals surface area contributed by atoms with E-state index in [4.69, 9.17) is 0 Å². The quantitative estimate of drug-likeness (QED) is 0.551. The van der Waals surface area contributed by atoms with Crippen LogP contribution in [0.3, 0.4) is 0 Å². The van der Waals surface area contributed by atoms with E-state index >= 15 is 0 Å². The van der Waals surface area contributed by atoms with Crippen molar-refractivity contribution in [3.63, 3.8) is 0 Å². The van der Waals surface area contributed by atoms with Crippen LogP contribution in [-0.2, 0) is 10.0 Å². The molecule has 0 bridgehead atoms. The summed E-state index contributed by atoms with van der Waals surface area (Å²) in [5.74, 6) is 0.891. The van der Waals surface area contributed by atoms with Crippen LogP contribution in [0.15, 0.2) is 23.1 Å². The van der Waals surface area contributed by atoms with Gasteiger partial charge in [0, 0.05) is 42.7 Å². The van der Waals surface area contributed by atoms with Crippen molar-refractivity contribution in [2.75, 3.05) is 30.3 Å². The monoisotopic (exact) mass is 387 g/mol. The van der Waals surface area contributed by atoms with Gasteiger partial charge >= 0.3 is 0 Å². The molecule has 1 heterocycles. The maximum atomic E-state index is 12.7. The van der Waals surface area contributed by atoms with E-state index in [1.807, 2.05) is 23.6 Å². The second-order valence-electron chi connectivity index (χ2n) is 6.01. The second-order valence-corrected chi connectivity index (χ2v) is 9.43. The average molecular weight is 388 g/mol. The number of thioether (sulfide) groups is 1. The first-order valence-corrected chi connectivity index (χ1v) is 10.9. The number of nitrogens with zero attached hydrogens (tertiary/aromatic N) is 3. The molecular weight excluding hydrogens is 362 g/mol. The van der Waals surface area contributed by atoms with Crippen LogP contribution < -0.4 is 4.90 Å². The molecule has 0 N–H and O–H groups in total. The Balaban J connectivity index is 2.50. The molecule has 0 spiro atoms. The molecule has 0 aromatic heterocycles. The minimum Gasteiger partial charge on any atom is -0.361 e. The van der Waals surface area contributed by atoms with Crippen molar-refractivity contribution < 1.29 is 13.3 Å². The molecule has 7 nitrogen and oxygen atoms in total. The Hall–Kier alpha value is -1.32. The third-order valence-electron chi connectivity index (χ3n) is 4.68. The van der Waals surface area contributed by atoms with Gasteiger partial charge in [0.25, 0.3) is 5.69 Å². The first kappa shape index (κ1) is 20.0. The van der Waals surface area contributed by atoms with Crippen LogP contribution in [0.4, 0.5) is 11.4 Å². The molecule has 9 heteroatoms. The Bertz CT molecular complexity index is 735. The van der Waals surface area contributed by atoms with Crippen molar-refractivity contribution in [2.45, 2.75) is 43.9 Å². The predicted molar refractivity (Wildman–Crippen MR) is 102 cm³/mol. The van der Waals surface area contributed by atoms with Crippen molar-refractivity contribution in [2.24, 2.45) is 0 Å². The number of rotatable bonds is 6. The Morgan fingerprint density at radius 1 is 1.32 bits per heavy atom. The van der Waals surface area contributed by atoms with Gasteiger partial charge < -0.3 is 4.90 Å². The van der Waals surface area contributed by atoms with E-state index < -0.39 is 14.9 Å². The van der Waals surface area contributed by atoms with Crippen molar-refractivity contribution in [3.05, 3.63) is 28.3 Å². The van der Waals surface area contributed by atoms with Crippen LogP contribution in [0.2, 0.25) is 0 Å². The van der Waals surface area contributed by atoms with E-state index in [2.05, 4.69) is 6.92 Å². The summed E-state index contributed by atoms with van der Waals surface area (Å²) < 4.78 is 26.6. The number of benzene rings is 1. The Morgan fingerprint density at radius 3 is 2.52 bits per heavy atom. The lowest BCUT2D eigenvalue weighted by atomic mass is 10.1. The van der Waals surface area contributed by atoms with Crippen LogP contribution in [0.1, 0.15) is 27.7 Å². The first-order valence-electron chi connectivity index (χ1n) is 8.40. The molecule has 0 aliphatic carbocycles. The first-order chi connectivity index (χ1) is 11.7. The highest BCUT2D eigenvalue weighted by Gasteiger charge is 2.32. The number of hydrogen-bond acceptors (Lipinski definition) is 6. The van der Waals surface area contributed by atoms with E-state index in [-0.39, 0.29) is 16.6 Å². The van der Waals surface area contributed by atoms with Gasteiger partial charge in [-0.3, -0.25) is 10.1 Å². The normalized spacial score (nSPS) is 21.6. The van der Waals surface area contributed by atoms with Crippen molar-refractivity contribution >= 4 is 33.2 Å². The summed E-state index contributed by atoms with van der Waals surface area (Å²) in [6.45, 7) is 9.00. The fraction of sp³-hybridized carbons (Fsp3) is 0.625. The summed E-state index contributed by atoms with van der Waals surface area (Å²) in [5.41, 5.74) is 0.335. The average Bonchev–Trinajstić information content (AvgIpc) is 2.57. The van der Waals surface area contributed by atoms with Crippen LogP contribution in [0.25, 0.3) is 0 Å². The number of sulfonamides is 1. The molecule has 140 valence electrons. The molecule has 1 aromatic rings. The highest BCUT2D eigenvalue weighted by Crippen LogP contribution is 2.36. The molecule has 1 aromatic carbocycles. The molecule has 0 radical (unpaired) electrons. The summed E-state index contributed by atoms with van der Waals surface area (Å²) in [7, 11) is -3.72. The minimum absolute atomic E-state index is 0.0289. The van der Waals surface area contributed by atoms with Crippen molar-refractivity contribution in [3.8, 4) is 0 Å².